The van der Waals surface area contributed by atoms with E-state index in [2.05, 4.69) is 17.2 Å². The SMILES string of the molecule is COc1ccc(CC(CN)Cc2c(Cl)c(C)nn2C)cc1. The van der Waals surface area contributed by atoms with E-state index in [0.29, 0.717) is 12.5 Å². The van der Waals surface area contributed by atoms with Crippen LogP contribution in [0.25, 0.3) is 0 Å². The zero-order valence-corrected chi connectivity index (χ0v) is 13.5. The predicted molar refractivity (Wildman–Crippen MR) is 85.9 cm³/mol. The van der Waals surface area contributed by atoms with Gasteiger partial charge in [-0.2, -0.15) is 5.10 Å². The molecular formula is C16H22ClN3O. The monoisotopic (exact) mass is 307 g/mol. The highest BCUT2D eigenvalue weighted by atomic mass is 35.5. The number of methoxy groups -OCH3 is 1. The second-order valence-electron chi connectivity index (χ2n) is 5.33. The maximum Gasteiger partial charge on any atom is 0.118 e. The Morgan fingerprint density at radius 3 is 2.43 bits per heavy atom. The van der Waals surface area contributed by atoms with Crippen molar-refractivity contribution < 1.29 is 4.74 Å². The lowest BCUT2D eigenvalue weighted by atomic mass is 9.94. The average Bonchev–Trinajstić information content (AvgIpc) is 2.73. The van der Waals surface area contributed by atoms with Gasteiger partial charge in [-0.1, -0.05) is 23.7 Å². The third-order valence-electron chi connectivity index (χ3n) is 3.76. The van der Waals surface area contributed by atoms with Crippen LogP contribution in [0, 0.1) is 12.8 Å². The van der Waals surface area contributed by atoms with Crippen molar-refractivity contribution in [2.75, 3.05) is 13.7 Å². The number of benzene rings is 1. The summed E-state index contributed by atoms with van der Waals surface area (Å²) in [7, 11) is 3.60. The van der Waals surface area contributed by atoms with E-state index in [1.165, 1.54) is 5.56 Å². The summed E-state index contributed by atoms with van der Waals surface area (Å²) in [6, 6.07) is 8.11. The van der Waals surface area contributed by atoms with Crippen molar-refractivity contribution in [2.24, 2.45) is 18.7 Å². The van der Waals surface area contributed by atoms with Crippen LogP contribution in [-0.2, 0) is 19.9 Å². The van der Waals surface area contributed by atoms with Crippen molar-refractivity contribution >= 4 is 11.6 Å². The first-order valence-corrected chi connectivity index (χ1v) is 7.44. The second-order valence-corrected chi connectivity index (χ2v) is 5.71. The highest BCUT2D eigenvalue weighted by Gasteiger charge is 2.16. The second kappa shape index (κ2) is 6.96. The molecule has 0 saturated carbocycles. The number of rotatable bonds is 6. The fourth-order valence-electron chi connectivity index (χ4n) is 2.51. The number of nitrogens with zero attached hydrogens (tertiary/aromatic N) is 2. The first-order valence-electron chi connectivity index (χ1n) is 7.06. The fraction of sp³-hybridized carbons (Fsp3) is 0.438. The topological polar surface area (TPSA) is 53.1 Å². The van der Waals surface area contributed by atoms with E-state index < -0.39 is 0 Å². The Kier molecular flexibility index (Phi) is 5.26. The van der Waals surface area contributed by atoms with E-state index in [9.17, 15) is 0 Å². The third kappa shape index (κ3) is 3.77. The molecular weight excluding hydrogens is 286 g/mol. The molecule has 0 spiro atoms. The molecule has 0 bridgehead atoms. The molecule has 0 aliphatic heterocycles. The number of nitrogens with two attached hydrogens (primary N) is 1. The lowest BCUT2D eigenvalue weighted by Crippen LogP contribution is -2.20. The van der Waals surface area contributed by atoms with Gasteiger partial charge in [-0.3, -0.25) is 4.68 Å². The van der Waals surface area contributed by atoms with E-state index in [1.54, 1.807) is 7.11 Å². The van der Waals surface area contributed by atoms with Gasteiger partial charge in [-0.15, -0.1) is 0 Å². The Labute approximate surface area is 130 Å². The smallest absolute Gasteiger partial charge is 0.118 e. The normalized spacial score (nSPS) is 12.4. The number of halogens is 1. The van der Waals surface area contributed by atoms with E-state index in [0.717, 1.165) is 35.0 Å². The molecule has 0 aliphatic rings. The van der Waals surface area contributed by atoms with Crippen LogP contribution in [0.3, 0.4) is 0 Å². The zero-order chi connectivity index (χ0) is 15.4. The van der Waals surface area contributed by atoms with Crippen LogP contribution >= 0.6 is 11.6 Å². The lowest BCUT2D eigenvalue weighted by molar-refractivity contribution is 0.414. The minimum atomic E-state index is 0.339. The van der Waals surface area contributed by atoms with Gasteiger partial charge in [0.2, 0.25) is 0 Å². The lowest BCUT2D eigenvalue weighted by Gasteiger charge is -2.15. The minimum absolute atomic E-state index is 0.339. The number of aryl methyl sites for hydroxylation is 2. The van der Waals surface area contributed by atoms with Gasteiger partial charge in [-0.05, 0) is 49.9 Å². The Bertz CT molecular complexity index is 592. The molecule has 0 fully saturated rings. The maximum atomic E-state index is 6.32. The molecule has 1 aromatic heterocycles. The van der Waals surface area contributed by atoms with Gasteiger partial charge >= 0.3 is 0 Å². The highest BCUT2D eigenvalue weighted by Crippen LogP contribution is 2.24. The summed E-state index contributed by atoms with van der Waals surface area (Å²) < 4.78 is 7.03. The minimum Gasteiger partial charge on any atom is -0.497 e. The molecule has 1 heterocycles. The average molecular weight is 308 g/mol. The number of hydrogen-bond donors (Lipinski definition) is 1. The van der Waals surface area contributed by atoms with Crippen molar-refractivity contribution in [2.45, 2.75) is 19.8 Å². The molecule has 0 amide bonds. The zero-order valence-electron chi connectivity index (χ0n) is 12.8. The Morgan fingerprint density at radius 2 is 1.95 bits per heavy atom. The summed E-state index contributed by atoms with van der Waals surface area (Å²) >= 11 is 6.32. The van der Waals surface area contributed by atoms with Gasteiger partial charge in [0, 0.05) is 7.05 Å². The molecule has 21 heavy (non-hydrogen) atoms. The fourth-order valence-corrected chi connectivity index (χ4v) is 2.75. The Hall–Kier alpha value is -1.52. The molecule has 1 aromatic carbocycles. The van der Waals surface area contributed by atoms with Crippen molar-refractivity contribution in [3.05, 3.63) is 46.2 Å². The molecule has 2 aromatic rings. The predicted octanol–water partition coefficient (Wildman–Crippen LogP) is 2.75. The summed E-state index contributed by atoms with van der Waals surface area (Å²) in [5.41, 5.74) is 9.11. The Balaban J connectivity index is 2.09. The molecule has 2 rings (SSSR count). The van der Waals surface area contributed by atoms with Crippen molar-refractivity contribution in [1.29, 1.82) is 0 Å². The molecule has 0 radical (unpaired) electrons. The summed E-state index contributed by atoms with van der Waals surface area (Å²) in [4.78, 5) is 0. The van der Waals surface area contributed by atoms with Crippen LogP contribution < -0.4 is 10.5 Å². The largest absolute Gasteiger partial charge is 0.497 e. The van der Waals surface area contributed by atoms with E-state index in [-0.39, 0.29) is 0 Å². The summed E-state index contributed by atoms with van der Waals surface area (Å²) in [6.45, 7) is 2.54. The third-order valence-corrected chi connectivity index (χ3v) is 4.25. The molecule has 0 aliphatic carbocycles. The molecule has 4 nitrogen and oxygen atoms in total. The van der Waals surface area contributed by atoms with Gasteiger partial charge in [0.05, 0.1) is 23.5 Å². The molecule has 1 atom stereocenters. The number of aromatic nitrogens is 2. The van der Waals surface area contributed by atoms with Crippen LogP contribution in [0.1, 0.15) is 17.0 Å². The standard InChI is InChI=1S/C16H22ClN3O/c1-11-16(17)15(20(2)19-11)9-13(10-18)8-12-4-6-14(21-3)7-5-12/h4-7,13H,8-10,18H2,1-3H3. The molecule has 2 N–H and O–H groups in total. The van der Waals surface area contributed by atoms with E-state index in [1.807, 2.05) is 30.8 Å². The number of hydrogen-bond acceptors (Lipinski definition) is 3. The van der Waals surface area contributed by atoms with Gasteiger partial charge in [0.15, 0.2) is 0 Å². The van der Waals surface area contributed by atoms with Gasteiger partial charge in [-0.25, -0.2) is 0 Å². The van der Waals surface area contributed by atoms with Gasteiger partial charge in [0.25, 0.3) is 0 Å². The highest BCUT2D eigenvalue weighted by molar-refractivity contribution is 6.31. The summed E-state index contributed by atoms with van der Waals surface area (Å²) in [5, 5.41) is 5.11. The van der Waals surface area contributed by atoms with Gasteiger partial charge in [0.1, 0.15) is 5.75 Å². The summed E-state index contributed by atoms with van der Waals surface area (Å²) in [6.07, 6.45) is 1.75. The Morgan fingerprint density at radius 1 is 1.29 bits per heavy atom. The van der Waals surface area contributed by atoms with Crippen molar-refractivity contribution in [3.8, 4) is 5.75 Å². The van der Waals surface area contributed by atoms with E-state index >= 15 is 0 Å². The quantitative estimate of drug-likeness (QED) is 0.893. The van der Waals surface area contributed by atoms with Crippen LogP contribution in [0.4, 0.5) is 0 Å². The number of ether oxygens (including phenoxy) is 1. The van der Waals surface area contributed by atoms with Crippen molar-refractivity contribution in [3.63, 3.8) is 0 Å². The van der Waals surface area contributed by atoms with Crippen LogP contribution in [-0.4, -0.2) is 23.4 Å². The van der Waals surface area contributed by atoms with E-state index in [4.69, 9.17) is 22.1 Å². The molecule has 5 heteroatoms. The van der Waals surface area contributed by atoms with Crippen LogP contribution in [0.5, 0.6) is 5.75 Å². The molecule has 1 unspecified atom stereocenters. The first-order chi connectivity index (χ1) is 10.0. The maximum absolute atomic E-state index is 6.32. The van der Waals surface area contributed by atoms with Crippen molar-refractivity contribution in [1.82, 2.24) is 9.78 Å². The molecule has 114 valence electrons. The first kappa shape index (κ1) is 15.9. The van der Waals surface area contributed by atoms with Crippen LogP contribution in [0.15, 0.2) is 24.3 Å². The van der Waals surface area contributed by atoms with Gasteiger partial charge < -0.3 is 10.5 Å². The van der Waals surface area contributed by atoms with Crippen LogP contribution in [0.2, 0.25) is 5.02 Å². The summed E-state index contributed by atoms with van der Waals surface area (Å²) in [5.74, 6) is 1.21. The molecule has 0 saturated heterocycles.